The third kappa shape index (κ3) is 3.51. The molecule has 3 aromatic rings. The Labute approximate surface area is 156 Å². The minimum Gasteiger partial charge on any atom is -0.490 e. The Bertz CT molecular complexity index is 1020. The summed E-state index contributed by atoms with van der Waals surface area (Å²) in [6, 6.07) is 12.9. The van der Waals surface area contributed by atoms with Gasteiger partial charge in [-0.3, -0.25) is 9.59 Å². The fraction of sp³-hybridized carbons (Fsp3) is 0.238. The molecule has 0 spiro atoms. The molecule has 1 aliphatic heterocycles. The lowest BCUT2D eigenvalue weighted by Crippen LogP contribution is -2.18. The summed E-state index contributed by atoms with van der Waals surface area (Å²) in [4.78, 5) is 24.4. The van der Waals surface area contributed by atoms with Crippen LogP contribution in [0.3, 0.4) is 0 Å². The van der Waals surface area contributed by atoms with Crippen LogP contribution in [0.15, 0.2) is 48.7 Å². The minimum absolute atomic E-state index is 0.0201. The maximum Gasteiger partial charge on any atom is 0.244 e. The molecule has 2 aromatic carbocycles. The molecule has 1 amide bonds. The van der Waals surface area contributed by atoms with Crippen molar-refractivity contribution >= 4 is 28.3 Å². The van der Waals surface area contributed by atoms with Crippen molar-refractivity contribution in [1.29, 1.82) is 0 Å². The zero-order chi connectivity index (χ0) is 18.8. The van der Waals surface area contributed by atoms with Gasteiger partial charge in [-0.1, -0.05) is 18.2 Å². The van der Waals surface area contributed by atoms with Crippen molar-refractivity contribution in [2.75, 3.05) is 18.5 Å². The van der Waals surface area contributed by atoms with Crippen LogP contribution in [-0.2, 0) is 11.3 Å². The van der Waals surface area contributed by atoms with Gasteiger partial charge in [-0.05, 0) is 25.1 Å². The van der Waals surface area contributed by atoms with Crippen molar-refractivity contribution in [3.8, 4) is 11.5 Å². The number of para-hydroxylation sites is 1. The van der Waals surface area contributed by atoms with Crippen LogP contribution in [0.25, 0.3) is 10.9 Å². The second-order valence-corrected chi connectivity index (χ2v) is 6.50. The number of hydrogen-bond acceptors (Lipinski definition) is 4. The van der Waals surface area contributed by atoms with Crippen LogP contribution in [0.2, 0.25) is 0 Å². The minimum atomic E-state index is -0.180. The molecule has 1 aliphatic rings. The molecule has 6 heteroatoms. The highest BCUT2D eigenvalue weighted by Crippen LogP contribution is 2.32. The molecule has 0 radical (unpaired) electrons. The summed E-state index contributed by atoms with van der Waals surface area (Å²) in [5, 5.41) is 3.74. The molecule has 6 nitrogen and oxygen atoms in total. The van der Waals surface area contributed by atoms with Crippen LogP contribution < -0.4 is 14.8 Å². The van der Waals surface area contributed by atoms with E-state index >= 15 is 0 Å². The van der Waals surface area contributed by atoms with Crippen molar-refractivity contribution in [3.63, 3.8) is 0 Å². The molecule has 27 heavy (non-hydrogen) atoms. The van der Waals surface area contributed by atoms with Gasteiger partial charge in [0.05, 0.1) is 13.2 Å². The van der Waals surface area contributed by atoms with Gasteiger partial charge in [0.2, 0.25) is 5.91 Å². The van der Waals surface area contributed by atoms with E-state index in [4.69, 9.17) is 9.47 Å². The van der Waals surface area contributed by atoms with Crippen molar-refractivity contribution < 1.29 is 19.1 Å². The third-order valence-electron chi connectivity index (χ3n) is 4.51. The number of rotatable bonds is 4. The van der Waals surface area contributed by atoms with Gasteiger partial charge in [0.25, 0.3) is 0 Å². The topological polar surface area (TPSA) is 69.6 Å². The molecule has 1 N–H and O–H groups in total. The summed E-state index contributed by atoms with van der Waals surface area (Å²) >= 11 is 0. The molecule has 0 saturated carbocycles. The van der Waals surface area contributed by atoms with Crippen molar-refractivity contribution in [1.82, 2.24) is 4.57 Å². The Morgan fingerprint density at radius 1 is 1.07 bits per heavy atom. The van der Waals surface area contributed by atoms with Gasteiger partial charge in [0.15, 0.2) is 17.3 Å². The molecule has 2 heterocycles. The number of aromatic nitrogens is 1. The van der Waals surface area contributed by atoms with Crippen LogP contribution in [0.4, 0.5) is 5.69 Å². The number of Topliss-reactive ketones (excluding diaryl/α,β-unsaturated/α-hetero) is 1. The van der Waals surface area contributed by atoms with Crippen molar-refractivity contribution in [3.05, 3.63) is 54.2 Å². The van der Waals surface area contributed by atoms with Crippen LogP contribution in [0.1, 0.15) is 23.7 Å². The van der Waals surface area contributed by atoms with Gasteiger partial charge >= 0.3 is 0 Å². The maximum atomic E-state index is 12.6. The van der Waals surface area contributed by atoms with Crippen molar-refractivity contribution in [2.45, 2.75) is 19.9 Å². The number of ether oxygens (including phenoxy) is 2. The average molecular weight is 364 g/mol. The van der Waals surface area contributed by atoms with Gasteiger partial charge < -0.3 is 19.4 Å². The van der Waals surface area contributed by atoms with Crippen LogP contribution in [-0.4, -0.2) is 29.5 Å². The number of benzene rings is 2. The highest BCUT2D eigenvalue weighted by Gasteiger charge is 2.15. The Hall–Kier alpha value is -3.28. The number of carbonyl (C=O) groups is 2. The number of carbonyl (C=O) groups excluding carboxylic acids is 2. The molecule has 0 saturated heterocycles. The van der Waals surface area contributed by atoms with E-state index < -0.39 is 0 Å². The number of nitrogens with zero attached hydrogens (tertiary/aromatic N) is 1. The number of fused-ring (bicyclic) bond motifs is 2. The zero-order valence-corrected chi connectivity index (χ0v) is 15.0. The smallest absolute Gasteiger partial charge is 0.244 e. The summed E-state index contributed by atoms with van der Waals surface area (Å²) in [5.74, 6) is 1.12. The highest BCUT2D eigenvalue weighted by molar-refractivity contribution is 6.07. The molecule has 0 aliphatic carbocycles. The maximum absolute atomic E-state index is 12.6. The Kier molecular flexibility index (Phi) is 4.54. The molecule has 1 aromatic heterocycles. The van der Waals surface area contributed by atoms with Crippen LogP contribution in [0.5, 0.6) is 11.5 Å². The number of anilines is 1. The molecule has 0 atom stereocenters. The standard InChI is InChI=1S/C21H20N2O4/c1-14(24)17-12-23(18-6-3-2-5-16(17)18)13-21(25)22-15-7-8-19-20(11-15)27-10-4-9-26-19/h2-3,5-8,11-12H,4,9-10,13H2,1H3,(H,22,25). The Morgan fingerprint density at radius 3 is 2.67 bits per heavy atom. The zero-order valence-electron chi connectivity index (χ0n) is 15.0. The number of nitrogens with one attached hydrogen (secondary N) is 1. The number of ketones is 1. The van der Waals surface area contributed by atoms with E-state index in [0.717, 1.165) is 17.3 Å². The fourth-order valence-corrected chi connectivity index (χ4v) is 3.25. The van der Waals surface area contributed by atoms with E-state index in [0.29, 0.717) is 36.0 Å². The van der Waals surface area contributed by atoms with E-state index in [9.17, 15) is 9.59 Å². The van der Waals surface area contributed by atoms with Crippen LogP contribution in [0, 0.1) is 0 Å². The summed E-state index contributed by atoms with van der Waals surface area (Å²) in [7, 11) is 0. The highest BCUT2D eigenvalue weighted by atomic mass is 16.5. The largest absolute Gasteiger partial charge is 0.490 e. The van der Waals surface area contributed by atoms with Gasteiger partial charge in [0, 0.05) is 40.8 Å². The first-order chi connectivity index (χ1) is 13.1. The summed E-state index contributed by atoms with van der Waals surface area (Å²) in [6.07, 6.45) is 2.57. The molecule has 0 bridgehead atoms. The average Bonchev–Trinajstić information content (AvgIpc) is 2.85. The van der Waals surface area contributed by atoms with Gasteiger partial charge in [0.1, 0.15) is 6.54 Å². The molecular formula is C21H20N2O4. The van der Waals surface area contributed by atoms with E-state index in [-0.39, 0.29) is 18.2 Å². The number of hydrogen-bond donors (Lipinski definition) is 1. The third-order valence-corrected chi connectivity index (χ3v) is 4.51. The summed E-state index contributed by atoms with van der Waals surface area (Å²) in [5.41, 5.74) is 2.12. The lowest BCUT2D eigenvalue weighted by atomic mass is 10.1. The molecule has 0 fully saturated rings. The predicted octanol–water partition coefficient (Wildman–Crippen LogP) is 3.64. The van der Waals surface area contributed by atoms with E-state index in [1.165, 1.54) is 6.92 Å². The molecular weight excluding hydrogens is 344 g/mol. The van der Waals surface area contributed by atoms with E-state index in [2.05, 4.69) is 5.32 Å². The predicted molar refractivity (Wildman–Crippen MR) is 103 cm³/mol. The molecule has 0 unspecified atom stereocenters. The van der Waals surface area contributed by atoms with Gasteiger partial charge in [-0.25, -0.2) is 0 Å². The SMILES string of the molecule is CC(=O)c1cn(CC(=O)Nc2ccc3c(c2)OCCCO3)c2ccccc12. The van der Waals surface area contributed by atoms with E-state index in [1.54, 1.807) is 29.0 Å². The summed E-state index contributed by atoms with van der Waals surface area (Å²) in [6.45, 7) is 2.86. The first kappa shape index (κ1) is 17.1. The fourth-order valence-electron chi connectivity index (χ4n) is 3.25. The van der Waals surface area contributed by atoms with E-state index in [1.807, 2.05) is 24.3 Å². The normalized spacial score (nSPS) is 13.2. The lowest BCUT2D eigenvalue weighted by Gasteiger charge is -2.11. The molecule has 4 rings (SSSR count). The van der Waals surface area contributed by atoms with Crippen LogP contribution >= 0.6 is 0 Å². The number of amides is 1. The summed E-state index contributed by atoms with van der Waals surface area (Å²) < 4.78 is 13.1. The lowest BCUT2D eigenvalue weighted by molar-refractivity contribution is -0.116. The van der Waals surface area contributed by atoms with Crippen molar-refractivity contribution in [2.24, 2.45) is 0 Å². The first-order valence-electron chi connectivity index (χ1n) is 8.90. The Balaban J connectivity index is 1.54. The monoisotopic (exact) mass is 364 g/mol. The quantitative estimate of drug-likeness (QED) is 0.718. The molecule has 138 valence electrons. The first-order valence-corrected chi connectivity index (χ1v) is 8.90. The van der Waals surface area contributed by atoms with Gasteiger partial charge in [-0.2, -0.15) is 0 Å². The Morgan fingerprint density at radius 2 is 1.85 bits per heavy atom. The second kappa shape index (κ2) is 7.15. The second-order valence-electron chi connectivity index (χ2n) is 6.50. The van der Waals surface area contributed by atoms with Gasteiger partial charge in [-0.15, -0.1) is 0 Å².